The van der Waals surface area contributed by atoms with Crippen molar-refractivity contribution >= 4 is 22.0 Å². The molecule has 0 unspecified atom stereocenters. The van der Waals surface area contributed by atoms with Crippen LogP contribution >= 0.6 is 0 Å². The van der Waals surface area contributed by atoms with E-state index in [4.69, 9.17) is 0 Å². The molecule has 7 nitrogen and oxygen atoms in total. The Balaban J connectivity index is 2.84. The molecule has 1 fully saturated rings. The quantitative estimate of drug-likeness (QED) is 0.658. The van der Waals surface area contributed by atoms with E-state index in [0.29, 0.717) is 12.8 Å². The van der Waals surface area contributed by atoms with Gasteiger partial charge in [-0.2, -0.15) is 4.31 Å². The van der Waals surface area contributed by atoms with E-state index < -0.39 is 33.8 Å². The molecule has 0 amide bonds. The van der Waals surface area contributed by atoms with E-state index in [1.807, 2.05) is 0 Å². The second-order valence-electron chi connectivity index (χ2n) is 4.21. The molecule has 1 rings (SSSR count). The summed E-state index contributed by atoms with van der Waals surface area (Å²) in [5.74, 6) is -2.14. The minimum Gasteiger partial charge on any atom is -0.468 e. The summed E-state index contributed by atoms with van der Waals surface area (Å²) in [5, 5.41) is 0. The van der Waals surface area contributed by atoms with Crippen LogP contribution in [0, 0.1) is 0 Å². The lowest BCUT2D eigenvalue weighted by Gasteiger charge is -2.32. The largest absolute Gasteiger partial charge is 0.468 e. The zero-order chi connectivity index (χ0) is 14.5. The van der Waals surface area contributed by atoms with Gasteiger partial charge in [-0.25, -0.2) is 8.42 Å². The predicted octanol–water partition coefficient (Wildman–Crippen LogP) is -0.0932. The molecular formula is C11H19NO6S. The van der Waals surface area contributed by atoms with Crippen molar-refractivity contribution < 1.29 is 27.5 Å². The first-order valence-corrected chi connectivity index (χ1v) is 7.76. The first kappa shape index (κ1) is 15.9. The standard InChI is InChI=1S/C11H19NO6S/c1-3-18-10(13)8-19(15,16)12-7-5-4-6-9(12)11(14)17-2/h9H,3-8H2,1-2H3/t9-/m1/s1. The highest BCUT2D eigenvalue weighted by molar-refractivity contribution is 7.89. The molecule has 110 valence electrons. The molecule has 1 atom stereocenters. The molecule has 1 heterocycles. The molecule has 0 saturated carbocycles. The fraction of sp³-hybridized carbons (Fsp3) is 0.818. The van der Waals surface area contributed by atoms with E-state index in [0.717, 1.165) is 10.7 Å². The Morgan fingerprint density at radius 2 is 2.00 bits per heavy atom. The van der Waals surface area contributed by atoms with Crippen molar-refractivity contribution in [2.24, 2.45) is 0 Å². The van der Waals surface area contributed by atoms with E-state index in [9.17, 15) is 18.0 Å². The number of carbonyl (C=O) groups excluding carboxylic acids is 2. The van der Waals surface area contributed by atoms with Gasteiger partial charge in [0.05, 0.1) is 13.7 Å². The first-order chi connectivity index (χ1) is 8.92. The third-order valence-corrected chi connectivity index (χ3v) is 4.64. The molecule has 19 heavy (non-hydrogen) atoms. The third kappa shape index (κ3) is 4.17. The van der Waals surface area contributed by atoms with E-state index in [1.165, 1.54) is 7.11 Å². The Morgan fingerprint density at radius 3 is 2.58 bits per heavy atom. The highest BCUT2D eigenvalue weighted by Gasteiger charge is 2.38. The molecule has 0 bridgehead atoms. The topological polar surface area (TPSA) is 90.0 Å². The number of piperidine rings is 1. The van der Waals surface area contributed by atoms with Crippen LogP contribution in [0.5, 0.6) is 0 Å². The molecular weight excluding hydrogens is 274 g/mol. The summed E-state index contributed by atoms with van der Waals surface area (Å²) in [6.45, 7) is 1.94. The van der Waals surface area contributed by atoms with E-state index in [-0.39, 0.29) is 13.2 Å². The molecule has 0 radical (unpaired) electrons. The zero-order valence-electron chi connectivity index (χ0n) is 11.1. The predicted molar refractivity (Wildman–Crippen MR) is 66.8 cm³/mol. The van der Waals surface area contributed by atoms with Gasteiger partial charge in [0.1, 0.15) is 6.04 Å². The molecule has 0 aromatic rings. The van der Waals surface area contributed by atoms with Gasteiger partial charge in [0.15, 0.2) is 5.75 Å². The molecule has 0 aliphatic carbocycles. The summed E-state index contributed by atoms with van der Waals surface area (Å²) in [6, 6.07) is -0.835. The maximum absolute atomic E-state index is 12.1. The van der Waals surface area contributed by atoms with E-state index >= 15 is 0 Å². The van der Waals surface area contributed by atoms with Crippen molar-refractivity contribution in [2.75, 3.05) is 26.0 Å². The second kappa shape index (κ2) is 6.85. The fourth-order valence-corrected chi connectivity index (χ4v) is 3.58. The summed E-state index contributed by atoms with van der Waals surface area (Å²) >= 11 is 0. The van der Waals surface area contributed by atoms with Gasteiger partial charge >= 0.3 is 11.9 Å². The van der Waals surface area contributed by atoms with E-state index in [2.05, 4.69) is 9.47 Å². The third-order valence-electron chi connectivity index (χ3n) is 2.89. The Kier molecular flexibility index (Phi) is 5.74. The van der Waals surface area contributed by atoms with Crippen LogP contribution < -0.4 is 0 Å². The number of nitrogens with zero attached hydrogens (tertiary/aromatic N) is 1. The van der Waals surface area contributed by atoms with Gasteiger partial charge < -0.3 is 9.47 Å². The molecule has 8 heteroatoms. The summed E-state index contributed by atoms with van der Waals surface area (Å²) < 4.78 is 34.5. The molecule has 0 spiro atoms. The van der Waals surface area contributed by atoms with Gasteiger partial charge in [0.25, 0.3) is 0 Å². The number of ether oxygens (including phenoxy) is 2. The van der Waals surface area contributed by atoms with E-state index in [1.54, 1.807) is 6.92 Å². The van der Waals surface area contributed by atoms with Crippen molar-refractivity contribution in [3.8, 4) is 0 Å². The Morgan fingerprint density at radius 1 is 1.32 bits per heavy atom. The summed E-state index contributed by atoms with van der Waals surface area (Å²) in [6.07, 6.45) is 1.83. The average Bonchev–Trinajstić information content (AvgIpc) is 2.37. The Hall–Kier alpha value is -1.15. The monoisotopic (exact) mass is 293 g/mol. The molecule has 1 saturated heterocycles. The van der Waals surface area contributed by atoms with Crippen LogP contribution in [0.3, 0.4) is 0 Å². The molecule has 0 aromatic heterocycles. The smallest absolute Gasteiger partial charge is 0.324 e. The number of rotatable bonds is 5. The molecule has 1 aliphatic heterocycles. The van der Waals surface area contributed by atoms with Crippen LogP contribution in [0.15, 0.2) is 0 Å². The van der Waals surface area contributed by atoms with Gasteiger partial charge in [-0.3, -0.25) is 9.59 Å². The lowest BCUT2D eigenvalue weighted by molar-refractivity contribution is -0.146. The molecule has 0 aromatic carbocycles. The number of methoxy groups -OCH3 is 1. The number of hydrogen-bond acceptors (Lipinski definition) is 6. The lowest BCUT2D eigenvalue weighted by Crippen LogP contribution is -2.50. The van der Waals surface area contributed by atoms with Crippen LogP contribution in [-0.4, -0.2) is 56.7 Å². The van der Waals surface area contributed by atoms with Crippen molar-refractivity contribution in [3.05, 3.63) is 0 Å². The van der Waals surface area contributed by atoms with Crippen molar-refractivity contribution in [1.82, 2.24) is 4.31 Å². The Labute approximate surface area is 112 Å². The average molecular weight is 293 g/mol. The highest BCUT2D eigenvalue weighted by atomic mass is 32.2. The SMILES string of the molecule is CCOC(=O)CS(=O)(=O)N1CCCC[C@@H]1C(=O)OC. The normalized spacial score (nSPS) is 20.8. The van der Waals surface area contributed by atoms with Crippen LogP contribution in [0.4, 0.5) is 0 Å². The second-order valence-corrected chi connectivity index (χ2v) is 6.13. The number of esters is 2. The number of carbonyl (C=O) groups is 2. The van der Waals surface area contributed by atoms with Crippen LogP contribution in [-0.2, 0) is 29.1 Å². The molecule has 1 aliphatic rings. The lowest BCUT2D eigenvalue weighted by atomic mass is 10.1. The summed E-state index contributed by atoms with van der Waals surface area (Å²) in [5.41, 5.74) is 0. The van der Waals surface area contributed by atoms with Gasteiger partial charge in [0.2, 0.25) is 10.0 Å². The van der Waals surface area contributed by atoms with Crippen LogP contribution in [0.1, 0.15) is 26.2 Å². The fourth-order valence-electron chi connectivity index (χ4n) is 2.04. The van der Waals surface area contributed by atoms with Crippen molar-refractivity contribution in [3.63, 3.8) is 0 Å². The Bertz CT molecular complexity index is 432. The van der Waals surface area contributed by atoms with Crippen molar-refractivity contribution in [2.45, 2.75) is 32.2 Å². The molecule has 0 N–H and O–H groups in total. The minimum absolute atomic E-state index is 0.120. The summed E-state index contributed by atoms with van der Waals surface area (Å²) in [7, 11) is -2.64. The van der Waals surface area contributed by atoms with Crippen molar-refractivity contribution in [1.29, 1.82) is 0 Å². The van der Waals surface area contributed by atoms with Gasteiger partial charge in [-0.1, -0.05) is 0 Å². The van der Waals surface area contributed by atoms with Gasteiger partial charge in [0, 0.05) is 6.54 Å². The minimum atomic E-state index is -3.85. The van der Waals surface area contributed by atoms with Gasteiger partial charge in [-0.15, -0.1) is 0 Å². The van der Waals surface area contributed by atoms with Gasteiger partial charge in [-0.05, 0) is 26.2 Å². The highest BCUT2D eigenvalue weighted by Crippen LogP contribution is 2.21. The maximum atomic E-state index is 12.1. The maximum Gasteiger partial charge on any atom is 0.324 e. The number of sulfonamides is 1. The van der Waals surface area contributed by atoms with Crippen LogP contribution in [0.25, 0.3) is 0 Å². The summed E-state index contributed by atoms with van der Waals surface area (Å²) in [4.78, 5) is 22.9. The van der Waals surface area contributed by atoms with Crippen LogP contribution in [0.2, 0.25) is 0 Å². The number of hydrogen-bond donors (Lipinski definition) is 0. The zero-order valence-corrected chi connectivity index (χ0v) is 11.9. The first-order valence-electron chi connectivity index (χ1n) is 6.15.